The third kappa shape index (κ3) is 3.85. The molecule has 4 aromatic rings. The number of halogens is 1. The first kappa shape index (κ1) is 18.5. The lowest BCUT2D eigenvalue weighted by Gasteiger charge is -2.08. The molecule has 0 saturated heterocycles. The van der Waals surface area contributed by atoms with Crippen molar-refractivity contribution in [3.63, 3.8) is 0 Å². The number of hydrogen-bond acceptors (Lipinski definition) is 5. The molecule has 0 unspecified atom stereocenters. The topological polar surface area (TPSA) is 72.7 Å². The molecular formula is C20H16ClN5OS. The number of fused-ring (bicyclic) bond motifs is 1. The Bertz CT molecular complexity index is 1160. The van der Waals surface area contributed by atoms with Gasteiger partial charge in [0, 0.05) is 10.7 Å². The first-order chi connectivity index (χ1) is 13.6. The maximum absolute atomic E-state index is 12.3. The van der Waals surface area contributed by atoms with Crippen molar-refractivity contribution >= 4 is 46.0 Å². The molecule has 0 aliphatic heterocycles. The minimum absolute atomic E-state index is 0.0895. The number of aromatic nitrogens is 4. The molecule has 2 aromatic heterocycles. The Morgan fingerprint density at radius 1 is 1.18 bits per heavy atom. The van der Waals surface area contributed by atoms with Gasteiger partial charge in [-0.25, -0.2) is 14.6 Å². The first-order valence-electron chi connectivity index (χ1n) is 8.55. The van der Waals surface area contributed by atoms with Crippen molar-refractivity contribution in [1.82, 2.24) is 19.7 Å². The summed E-state index contributed by atoms with van der Waals surface area (Å²) in [5.74, 6) is 0.149. The van der Waals surface area contributed by atoms with E-state index in [-0.39, 0.29) is 11.7 Å². The van der Waals surface area contributed by atoms with Gasteiger partial charge in [0.2, 0.25) is 5.91 Å². The Balaban J connectivity index is 1.53. The molecule has 8 heteroatoms. The number of thioether (sulfide) groups is 1. The summed E-state index contributed by atoms with van der Waals surface area (Å²) in [4.78, 5) is 21.0. The number of anilines is 1. The van der Waals surface area contributed by atoms with Crippen LogP contribution in [-0.4, -0.2) is 31.4 Å². The summed E-state index contributed by atoms with van der Waals surface area (Å²) in [5, 5.41) is 9.46. The van der Waals surface area contributed by atoms with Gasteiger partial charge in [-0.15, -0.1) is 0 Å². The summed E-state index contributed by atoms with van der Waals surface area (Å²) < 4.78 is 1.71. The highest BCUT2D eigenvalue weighted by atomic mass is 35.5. The molecule has 2 heterocycles. The second-order valence-electron chi connectivity index (χ2n) is 6.10. The molecule has 1 N–H and O–H groups in total. The third-order valence-electron chi connectivity index (χ3n) is 4.14. The Morgan fingerprint density at radius 3 is 2.86 bits per heavy atom. The highest BCUT2D eigenvalue weighted by Gasteiger charge is 2.13. The average Bonchev–Trinajstić information content (AvgIpc) is 3.13. The molecule has 4 rings (SSSR count). The van der Waals surface area contributed by atoms with Crippen LogP contribution < -0.4 is 5.32 Å². The fraction of sp³-hybridized carbons (Fsp3) is 0.100. The van der Waals surface area contributed by atoms with Gasteiger partial charge in [-0.2, -0.15) is 5.10 Å². The summed E-state index contributed by atoms with van der Waals surface area (Å²) in [6.07, 6.45) is 3.18. The number of carbonyl (C=O) groups is 1. The van der Waals surface area contributed by atoms with E-state index in [1.54, 1.807) is 16.9 Å². The predicted octanol–water partition coefficient (Wildman–Crippen LogP) is 4.51. The number of hydrogen-bond donors (Lipinski definition) is 1. The van der Waals surface area contributed by atoms with E-state index in [0.717, 1.165) is 22.3 Å². The summed E-state index contributed by atoms with van der Waals surface area (Å²) in [7, 11) is 0. The zero-order valence-electron chi connectivity index (χ0n) is 15.0. The lowest BCUT2D eigenvalue weighted by atomic mass is 10.2. The zero-order chi connectivity index (χ0) is 19.5. The summed E-state index contributed by atoms with van der Waals surface area (Å²) in [6.45, 7) is 1.96. The van der Waals surface area contributed by atoms with Gasteiger partial charge in [-0.1, -0.05) is 47.6 Å². The maximum atomic E-state index is 12.3. The molecular weight excluding hydrogens is 394 g/mol. The van der Waals surface area contributed by atoms with Crippen molar-refractivity contribution in [1.29, 1.82) is 0 Å². The van der Waals surface area contributed by atoms with Gasteiger partial charge in [0.15, 0.2) is 5.65 Å². The molecule has 0 saturated carbocycles. The van der Waals surface area contributed by atoms with Gasteiger partial charge in [-0.3, -0.25) is 4.79 Å². The lowest BCUT2D eigenvalue weighted by Crippen LogP contribution is -2.14. The van der Waals surface area contributed by atoms with E-state index < -0.39 is 0 Å². The van der Waals surface area contributed by atoms with E-state index in [1.165, 1.54) is 18.1 Å². The monoisotopic (exact) mass is 409 g/mol. The normalized spacial score (nSPS) is 10.9. The summed E-state index contributed by atoms with van der Waals surface area (Å²) >= 11 is 7.44. The Hall–Kier alpha value is -2.90. The SMILES string of the molecule is Cc1ccccc1NC(=O)CSc1ncnc2c1cnn2-c1cccc(Cl)c1. The first-order valence-corrected chi connectivity index (χ1v) is 9.91. The Kier molecular flexibility index (Phi) is 5.27. The summed E-state index contributed by atoms with van der Waals surface area (Å²) in [5.41, 5.74) is 3.32. The molecule has 2 aromatic carbocycles. The number of nitrogens with one attached hydrogen (secondary N) is 1. The van der Waals surface area contributed by atoms with Crippen LogP contribution in [0.5, 0.6) is 0 Å². The smallest absolute Gasteiger partial charge is 0.234 e. The molecule has 0 aliphatic carbocycles. The standard InChI is InChI=1S/C20H16ClN5OS/c1-13-5-2-3-8-17(13)25-18(27)11-28-20-16-10-24-26(19(16)22-12-23-20)15-7-4-6-14(21)9-15/h2-10,12H,11H2,1H3,(H,25,27). The van der Waals surface area contributed by atoms with E-state index in [0.29, 0.717) is 15.7 Å². The van der Waals surface area contributed by atoms with E-state index in [2.05, 4.69) is 20.4 Å². The summed E-state index contributed by atoms with van der Waals surface area (Å²) in [6, 6.07) is 15.1. The van der Waals surface area contributed by atoms with Crippen LogP contribution in [0.1, 0.15) is 5.56 Å². The molecule has 140 valence electrons. The van der Waals surface area contributed by atoms with Gasteiger partial charge in [0.1, 0.15) is 11.4 Å². The van der Waals surface area contributed by atoms with Crippen molar-refractivity contribution < 1.29 is 4.79 Å². The van der Waals surface area contributed by atoms with Crippen LogP contribution in [0.2, 0.25) is 5.02 Å². The molecule has 0 radical (unpaired) electrons. The largest absolute Gasteiger partial charge is 0.325 e. The minimum atomic E-state index is -0.0895. The van der Waals surface area contributed by atoms with Crippen LogP contribution in [0.3, 0.4) is 0 Å². The Labute approximate surface area is 171 Å². The number of nitrogens with zero attached hydrogens (tertiary/aromatic N) is 4. The van der Waals surface area contributed by atoms with Crippen LogP contribution >= 0.6 is 23.4 Å². The lowest BCUT2D eigenvalue weighted by molar-refractivity contribution is -0.113. The number of aryl methyl sites for hydroxylation is 1. The van der Waals surface area contributed by atoms with Crippen molar-refractivity contribution in [2.24, 2.45) is 0 Å². The molecule has 6 nitrogen and oxygen atoms in total. The van der Waals surface area contributed by atoms with Crippen LogP contribution in [0.25, 0.3) is 16.7 Å². The number of carbonyl (C=O) groups excluding carboxylic acids is 1. The van der Waals surface area contributed by atoms with Gasteiger partial charge < -0.3 is 5.32 Å². The number of rotatable bonds is 5. The molecule has 0 fully saturated rings. The van der Waals surface area contributed by atoms with Crippen LogP contribution in [0.4, 0.5) is 5.69 Å². The van der Waals surface area contributed by atoms with Crippen LogP contribution in [0, 0.1) is 6.92 Å². The fourth-order valence-electron chi connectivity index (χ4n) is 2.77. The Morgan fingerprint density at radius 2 is 2.04 bits per heavy atom. The molecule has 28 heavy (non-hydrogen) atoms. The second kappa shape index (κ2) is 8.00. The van der Waals surface area contributed by atoms with E-state index >= 15 is 0 Å². The van der Waals surface area contributed by atoms with E-state index in [4.69, 9.17) is 11.6 Å². The van der Waals surface area contributed by atoms with Crippen molar-refractivity contribution in [2.75, 3.05) is 11.1 Å². The molecule has 0 spiro atoms. The third-order valence-corrected chi connectivity index (χ3v) is 5.38. The quantitative estimate of drug-likeness (QED) is 0.388. The van der Waals surface area contributed by atoms with Crippen molar-refractivity contribution in [3.05, 3.63) is 71.6 Å². The predicted molar refractivity (Wildman–Crippen MR) is 112 cm³/mol. The number of para-hydroxylation sites is 1. The molecule has 0 aliphatic rings. The van der Waals surface area contributed by atoms with E-state index in [9.17, 15) is 4.79 Å². The molecule has 1 amide bonds. The maximum Gasteiger partial charge on any atom is 0.234 e. The highest BCUT2D eigenvalue weighted by Crippen LogP contribution is 2.26. The van der Waals surface area contributed by atoms with Gasteiger partial charge in [0.05, 0.1) is 23.0 Å². The van der Waals surface area contributed by atoms with Crippen LogP contribution in [-0.2, 0) is 4.79 Å². The number of benzene rings is 2. The fourth-order valence-corrected chi connectivity index (χ4v) is 3.71. The van der Waals surface area contributed by atoms with Crippen molar-refractivity contribution in [2.45, 2.75) is 11.9 Å². The molecule has 0 atom stereocenters. The van der Waals surface area contributed by atoms with E-state index in [1.807, 2.05) is 49.4 Å². The van der Waals surface area contributed by atoms with Gasteiger partial charge >= 0.3 is 0 Å². The average molecular weight is 410 g/mol. The zero-order valence-corrected chi connectivity index (χ0v) is 16.5. The minimum Gasteiger partial charge on any atom is -0.325 e. The highest BCUT2D eigenvalue weighted by molar-refractivity contribution is 8.00. The molecule has 0 bridgehead atoms. The second-order valence-corrected chi connectivity index (χ2v) is 7.50. The van der Waals surface area contributed by atoms with Gasteiger partial charge in [-0.05, 0) is 36.8 Å². The van der Waals surface area contributed by atoms with Crippen LogP contribution in [0.15, 0.2) is 66.1 Å². The number of amides is 1. The van der Waals surface area contributed by atoms with Crippen molar-refractivity contribution in [3.8, 4) is 5.69 Å². The van der Waals surface area contributed by atoms with Gasteiger partial charge in [0.25, 0.3) is 0 Å².